The van der Waals surface area contributed by atoms with Crippen LogP contribution in [0.25, 0.3) is 0 Å². The molecule has 11 heteroatoms. The second kappa shape index (κ2) is 8.89. The minimum absolute atomic E-state index is 0.0926. The second-order valence-corrected chi connectivity index (χ2v) is 5.02. The van der Waals surface area contributed by atoms with E-state index < -0.39 is 15.8 Å². The van der Waals surface area contributed by atoms with E-state index in [9.17, 15) is 25.0 Å². The Kier molecular flexibility index (Phi) is 6.36. The molecular weight excluding hydrogens is 360 g/mol. The van der Waals surface area contributed by atoms with E-state index in [0.29, 0.717) is 5.56 Å². The van der Waals surface area contributed by atoms with Gasteiger partial charge in [0.05, 0.1) is 23.2 Å². The number of nitro groups is 2. The highest BCUT2D eigenvalue weighted by Crippen LogP contribution is 2.26. The van der Waals surface area contributed by atoms with Gasteiger partial charge in [-0.3, -0.25) is 25.0 Å². The SMILES string of the molecule is COc1ccc(/C=N/NC(=O)COc2ccc([N+](=O)[O-])cc2)cc1[N+](=O)[O-]. The van der Waals surface area contributed by atoms with Gasteiger partial charge in [-0.2, -0.15) is 5.10 Å². The minimum atomic E-state index is -0.590. The summed E-state index contributed by atoms with van der Waals surface area (Å²) in [5.74, 6) is -0.184. The molecular formula is C16H14N4O7. The van der Waals surface area contributed by atoms with Crippen LogP contribution in [0.3, 0.4) is 0 Å². The van der Waals surface area contributed by atoms with E-state index in [4.69, 9.17) is 9.47 Å². The number of methoxy groups -OCH3 is 1. The van der Waals surface area contributed by atoms with Crippen molar-refractivity contribution in [3.8, 4) is 11.5 Å². The van der Waals surface area contributed by atoms with Gasteiger partial charge in [-0.1, -0.05) is 0 Å². The summed E-state index contributed by atoms with van der Waals surface area (Å²) in [7, 11) is 1.32. The third-order valence-corrected chi connectivity index (χ3v) is 3.22. The van der Waals surface area contributed by atoms with Crippen LogP contribution in [0.5, 0.6) is 11.5 Å². The molecule has 2 aromatic rings. The van der Waals surface area contributed by atoms with E-state index >= 15 is 0 Å². The summed E-state index contributed by atoms with van der Waals surface area (Å²) in [4.78, 5) is 32.0. The number of non-ortho nitro benzene ring substituents is 1. The van der Waals surface area contributed by atoms with Crippen molar-refractivity contribution in [2.24, 2.45) is 5.10 Å². The summed E-state index contributed by atoms with van der Waals surface area (Å²) in [6.07, 6.45) is 1.23. The second-order valence-electron chi connectivity index (χ2n) is 5.02. The van der Waals surface area contributed by atoms with E-state index in [1.807, 2.05) is 0 Å². The fraction of sp³-hybridized carbons (Fsp3) is 0.125. The van der Waals surface area contributed by atoms with E-state index in [2.05, 4.69) is 10.5 Å². The van der Waals surface area contributed by atoms with Gasteiger partial charge in [0.2, 0.25) is 0 Å². The van der Waals surface area contributed by atoms with Crippen LogP contribution in [-0.2, 0) is 4.79 Å². The molecule has 0 saturated heterocycles. The molecule has 0 aromatic heterocycles. The maximum atomic E-state index is 11.7. The lowest BCUT2D eigenvalue weighted by atomic mass is 10.2. The van der Waals surface area contributed by atoms with Gasteiger partial charge < -0.3 is 9.47 Å². The molecule has 0 spiro atoms. The fourth-order valence-electron chi connectivity index (χ4n) is 1.95. The highest BCUT2D eigenvalue weighted by Gasteiger charge is 2.14. The van der Waals surface area contributed by atoms with Gasteiger partial charge in [0.25, 0.3) is 11.6 Å². The predicted octanol–water partition coefficient (Wildman–Crippen LogP) is 2.04. The highest BCUT2D eigenvalue weighted by atomic mass is 16.6. The molecule has 0 fully saturated rings. The van der Waals surface area contributed by atoms with Crippen molar-refractivity contribution >= 4 is 23.5 Å². The van der Waals surface area contributed by atoms with E-state index in [1.165, 1.54) is 55.8 Å². The van der Waals surface area contributed by atoms with Crippen LogP contribution in [0, 0.1) is 20.2 Å². The monoisotopic (exact) mass is 374 g/mol. The standard InChI is InChI=1S/C16H14N4O7/c1-26-15-7-2-11(8-14(15)20(24)25)9-17-18-16(21)10-27-13-5-3-12(4-6-13)19(22)23/h2-9H,10H2,1H3,(H,18,21)/b17-9+. The predicted molar refractivity (Wildman–Crippen MR) is 94.0 cm³/mol. The fourth-order valence-corrected chi connectivity index (χ4v) is 1.95. The normalized spacial score (nSPS) is 10.4. The highest BCUT2D eigenvalue weighted by molar-refractivity contribution is 5.84. The molecule has 0 unspecified atom stereocenters. The van der Waals surface area contributed by atoms with E-state index in [-0.39, 0.29) is 29.5 Å². The topological polar surface area (TPSA) is 146 Å². The first kappa shape index (κ1) is 19.3. The van der Waals surface area contributed by atoms with Crippen LogP contribution < -0.4 is 14.9 Å². The van der Waals surface area contributed by atoms with Crippen LogP contribution in [0.4, 0.5) is 11.4 Å². The number of carbonyl (C=O) groups is 1. The third kappa shape index (κ3) is 5.49. The lowest BCUT2D eigenvalue weighted by molar-refractivity contribution is -0.385. The molecule has 0 aliphatic carbocycles. The summed E-state index contributed by atoms with van der Waals surface area (Å²) in [5, 5.41) is 25.2. The number of amides is 1. The number of rotatable bonds is 8. The number of hydrogen-bond donors (Lipinski definition) is 1. The van der Waals surface area contributed by atoms with Crippen LogP contribution in [-0.4, -0.2) is 35.7 Å². The summed E-state index contributed by atoms with van der Waals surface area (Å²) < 4.78 is 10.1. The van der Waals surface area contributed by atoms with Crippen molar-refractivity contribution in [2.45, 2.75) is 0 Å². The number of ether oxygens (including phenoxy) is 2. The van der Waals surface area contributed by atoms with Crippen LogP contribution in [0.2, 0.25) is 0 Å². The number of nitrogens with zero attached hydrogens (tertiary/aromatic N) is 3. The van der Waals surface area contributed by atoms with Gasteiger partial charge in [-0.15, -0.1) is 0 Å². The summed E-state index contributed by atoms with van der Waals surface area (Å²) >= 11 is 0. The van der Waals surface area contributed by atoms with Crippen molar-refractivity contribution in [1.29, 1.82) is 0 Å². The third-order valence-electron chi connectivity index (χ3n) is 3.22. The van der Waals surface area contributed by atoms with Crippen LogP contribution >= 0.6 is 0 Å². The Bertz CT molecular complexity index is 881. The summed E-state index contributed by atoms with van der Waals surface area (Å²) in [6.45, 7) is -0.363. The van der Waals surface area contributed by atoms with Gasteiger partial charge in [-0.05, 0) is 24.3 Å². The number of hydrazone groups is 1. The number of nitrogens with one attached hydrogen (secondary N) is 1. The Hall–Kier alpha value is -4.02. The van der Waals surface area contributed by atoms with Crippen LogP contribution in [0.15, 0.2) is 47.6 Å². The quantitative estimate of drug-likeness (QED) is 0.422. The van der Waals surface area contributed by atoms with Crippen molar-refractivity contribution < 1.29 is 24.1 Å². The molecule has 1 amide bonds. The van der Waals surface area contributed by atoms with Crippen molar-refractivity contribution in [3.05, 3.63) is 68.3 Å². The Morgan fingerprint density at radius 2 is 1.85 bits per heavy atom. The van der Waals surface area contributed by atoms with E-state index in [1.54, 1.807) is 0 Å². The lowest BCUT2D eigenvalue weighted by Gasteiger charge is -2.04. The van der Waals surface area contributed by atoms with Gasteiger partial charge in [0, 0.05) is 23.8 Å². The van der Waals surface area contributed by atoms with Crippen molar-refractivity contribution in [2.75, 3.05) is 13.7 Å². The van der Waals surface area contributed by atoms with Gasteiger partial charge in [0.15, 0.2) is 12.4 Å². The summed E-state index contributed by atoms with van der Waals surface area (Å²) in [5.41, 5.74) is 2.27. The molecule has 27 heavy (non-hydrogen) atoms. The molecule has 1 N–H and O–H groups in total. The maximum absolute atomic E-state index is 11.7. The number of benzene rings is 2. The van der Waals surface area contributed by atoms with Crippen molar-refractivity contribution in [3.63, 3.8) is 0 Å². The molecule has 0 saturated carbocycles. The van der Waals surface area contributed by atoms with Gasteiger partial charge in [0.1, 0.15) is 5.75 Å². The first-order valence-corrected chi connectivity index (χ1v) is 7.42. The molecule has 2 aromatic carbocycles. The zero-order valence-corrected chi connectivity index (χ0v) is 14.0. The Morgan fingerprint density at radius 3 is 2.44 bits per heavy atom. The van der Waals surface area contributed by atoms with Crippen LogP contribution in [0.1, 0.15) is 5.56 Å². The first-order valence-electron chi connectivity index (χ1n) is 7.42. The van der Waals surface area contributed by atoms with Gasteiger partial charge in [-0.25, -0.2) is 5.43 Å². The Morgan fingerprint density at radius 1 is 1.15 bits per heavy atom. The van der Waals surface area contributed by atoms with Gasteiger partial charge >= 0.3 is 5.69 Å². The Balaban J connectivity index is 1.88. The lowest BCUT2D eigenvalue weighted by Crippen LogP contribution is -2.24. The Labute approximate surface area is 152 Å². The van der Waals surface area contributed by atoms with E-state index in [0.717, 1.165) is 0 Å². The first-order chi connectivity index (χ1) is 12.9. The zero-order valence-electron chi connectivity index (χ0n) is 14.0. The van der Waals surface area contributed by atoms with Crippen molar-refractivity contribution in [1.82, 2.24) is 5.43 Å². The molecule has 140 valence electrons. The number of hydrogen-bond acceptors (Lipinski definition) is 8. The minimum Gasteiger partial charge on any atom is -0.490 e. The maximum Gasteiger partial charge on any atom is 0.311 e. The molecule has 0 bridgehead atoms. The molecule has 0 atom stereocenters. The molecule has 0 aliphatic heterocycles. The molecule has 11 nitrogen and oxygen atoms in total. The number of carbonyl (C=O) groups excluding carboxylic acids is 1. The average Bonchev–Trinajstić information content (AvgIpc) is 2.66. The molecule has 2 rings (SSSR count). The smallest absolute Gasteiger partial charge is 0.311 e. The average molecular weight is 374 g/mol. The largest absolute Gasteiger partial charge is 0.490 e. The molecule has 0 radical (unpaired) electrons. The summed E-state index contributed by atoms with van der Waals surface area (Å²) in [6, 6.07) is 9.44. The number of nitro benzene ring substituents is 2. The zero-order chi connectivity index (χ0) is 19.8. The molecule has 0 heterocycles. The molecule has 0 aliphatic rings.